The Balaban J connectivity index is 2.13. The average Bonchev–Trinajstić information content (AvgIpc) is 2.81. The quantitative estimate of drug-likeness (QED) is 0.703. The minimum atomic E-state index is 0.444. The highest BCUT2D eigenvalue weighted by molar-refractivity contribution is 5.92. The molecule has 0 saturated carbocycles. The molecule has 0 bridgehead atoms. The minimum absolute atomic E-state index is 0.444. The molecule has 4 heteroatoms. The number of nitrogens with zero attached hydrogens (tertiary/aromatic N) is 4. The maximum atomic E-state index is 4.47. The first kappa shape index (κ1) is 11.8. The fraction of sp³-hybridized carbons (Fsp3) is 0.267. The molecule has 4 nitrogen and oxygen atoms in total. The number of aryl methyl sites for hydroxylation is 1. The van der Waals surface area contributed by atoms with Crippen LogP contribution in [0.1, 0.15) is 25.3 Å². The van der Waals surface area contributed by atoms with Crippen LogP contribution in [0, 0.1) is 0 Å². The van der Waals surface area contributed by atoms with Crippen LogP contribution in [-0.2, 0) is 7.05 Å². The van der Waals surface area contributed by atoms with Gasteiger partial charge in [-0.15, -0.1) is 0 Å². The second-order valence-electron chi connectivity index (χ2n) is 5.04. The van der Waals surface area contributed by atoms with Crippen molar-refractivity contribution in [1.82, 2.24) is 19.5 Å². The van der Waals surface area contributed by atoms with Crippen molar-refractivity contribution in [3.05, 3.63) is 42.6 Å². The topological polar surface area (TPSA) is 43.6 Å². The minimum Gasteiger partial charge on any atom is -0.349 e. The maximum Gasteiger partial charge on any atom is 0.161 e. The van der Waals surface area contributed by atoms with Crippen LogP contribution in [0.15, 0.2) is 37.1 Å². The van der Waals surface area contributed by atoms with E-state index in [1.165, 1.54) is 0 Å². The highest BCUT2D eigenvalue weighted by Crippen LogP contribution is 2.25. The van der Waals surface area contributed by atoms with E-state index < -0.39 is 0 Å². The van der Waals surface area contributed by atoms with E-state index in [-0.39, 0.29) is 0 Å². The van der Waals surface area contributed by atoms with Gasteiger partial charge in [-0.05, 0) is 17.5 Å². The second-order valence-corrected chi connectivity index (χ2v) is 5.04. The molecule has 0 saturated heterocycles. The lowest BCUT2D eigenvalue weighted by Gasteiger charge is -2.06. The molecule has 0 spiro atoms. The number of hydrogen-bond acceptors (Lipinski definition) is 3. The Morgan fingerprint density at radius 2 is 1.79 bits per heavy atom. The molecular formula is C15H16N4. The van der Waals surface area contributed by atoms with E-state index in [4.69, 9.17) is 0 Å². The first-order valence-corrected chi connectivity index (χ1v) is 6.38. The van der Waals surface area contributed by atoms with Crippen LogP contribution in [-0.4, -0.2) is 19.5 Å². The zero-order valence-corrected chi connectivity index (χ0v) is 11.3. The fourth-order valence-corrected chi connectivity index (χ4v) is 2.14. The molecule has 0 atom stereocenters. The van der Waals surface area contributed by atoms with Gasteiger partial charge < -0.3 is 4.57 Å². The maximum absolute atomic E-state index is 4.47. The molecule has 0 aliphatic rings. The third kappa shape index (κ3) is 1.99. The van der Waals surface area contributed by atoms with Gasteiger partial charge in [0.25, 0.3) is 0 Å². The first-order chi connectivity index (χ1) is 9.16. The molecule has 0 fully saturated rings. The summed E-state index contributed by atoms with van der Waals surface area (Å²) in [6.07, 6.45) is 9.51. The van der Waals surface area contributed by atoms with Crippen LogP contribution in [0.3, 0.4) is 0 Å². The zero-order valence-electron chi connectivity index (χ0n) is 11.3. The van der Waals surface area contributed by atoms with Crippen molar-refractivity contribution in [2.45, 2.75) is 19.8 Å². The molecule has 0 N–H and O–H groups in total. The third-order valence-corrected chi connectivity index (χ3v) is 3.39. The number of aromatic nitrogens is 4. The average molecular weight is 252 g/mol. The van der Waals surface area contributed by atoms with Gasteiger partial charge >= 0.3 is 0 Å². The van der Waals surface area contributed by atoms with Crippen LogP contribution in [0.4, 0.5) is 0 Å². The SMILES string of the molecule is CC(C)c1cnc(-c2cncc3c2ccn3C)nc1. The normalized spacial score (nSPS) is 11.4. The van der Waals surface area contributed by atoms with Gasteiger partial charge in [0.1, 0.15) is 0 Å². The molecule has 3 aromatic heterocycles. The predicted octanol–water partition coefficient (Wildman–Crippen LogP) is 3.15. The summed E-state index contributed by atoms with van der Waals surface area (Å²) >= 11 is 0. The highest BCUT2D eigenvalue weighted by atomic mass is 14.9. The molecule has 0 aromatic carbocycles. The van der Waals surface area contributed by atoms with Gasteiger partial charge in [-0.25, -0.2) is 9.97 Å². The number of fused-ring (bicyclic) bond motifs is 1. The summed E-state index contributed by atoms with van der Waals surface area (Å²) in [5, 5.41) is 1.13. The molecular weight excluding hydrogens is 236 g/mol. The second kappa shape index (κ2) is 4.46. The smallest absolute Gasteiger partial charge is 0.161 e. The van der Waals surface area contributed by atoms with E-state index in [9.17, 15) is 0 Å². The Hall–Kier alpha value is -2.23. The van der Waals surface area contributed by atoms with Gasteiger partial charge in [0.2, 0.25) is 0 Å². The molecule has 96 valence electrons. The molecule has 3 aromatic rings. The molecule has 3 heterocycles. The first-order valence-electron chi connectivity index (χ1n) is 6.38. The van der Waals surface area contributed by atoms with Gasteiger partial charge in [0.05, 0.1) is 11.7 Å². The van der Waals surface area contributed by atoms with Crippen molar-refractivity contribution in [2.24, 2.45) is 7.05 Å². The Labute approximate surface area is 112 Å². The van der Waals surface area contributed by atoms with E-state index in [1.54, 1.807) is 0 Å². The van der Waals surface area contributed by atoms with Crippen LogP contribution in [0.5, 0.6) is 0 Å². The Kier molecular flexibility index (Phi) is 2.78. The number of rotatable bonds is 2. The molecule has 0 unspecified atom stereocenters. The molecule has 0 radical (unpaired) electrons. The highest BCUT2D eigenvalue weighted by Gasteiger charge is 2.09. The van der Waals surface area contributed by atoms with Gasteiger partial charge in [-0.1, -0.05) is 13.8 Å². The van der Waals surface area contributed by atoms with Crippen LogP contribution in [0.2, 0.25) is 0 Å². The summed E-state index contributed by atoms with van der Waals surface area (Å²) in [5.41, 5.74) is 3.22. The van der Waals surface area contributed by atoms with E-state index in [0.29, 0.717) is 5.92 Å². The zero-order chi connectivity index (χ0) is 13.4. The van der Waals surface area contributed by atoms with Gasteiger partial charge in [0, 0.05) is 42.8 Å². The van der Waals surface area contributed by atoms with Crippen LogP contribution in [0.25, 0.3) is 22.3 Å². The number of pyridine rings is 1. The van der Waals surface area contributed by atoms with Crippen molar-refractivity contribution in [2.75, 3.05) is 0 Å². The summed E-state index contributed by atoms with van der Waals surface area (Å²) in [6.45, 7) is 4.27. The van der Waals surface area contributed by atoms with E-state index >= 15 is 0 Å². The van der Waals surface area contributed by atoms with E-state index in [2.05, 4.69) is 34.9 Å². The van der Waals surface area contributed by atoms with Gasteiger partial charge in [0.15, 0.2) is 5.82 Å². The Bertz CT molecular complexity index is 711. The summed E-state index contributed by atoms with van der Waals surface area (Å²) in [6, 6.07) is 2.08. The van der Waals surface area contributed by atoms with Crippen LogP contribution >= 0.6 is 0 Å². The van der Waals surface area contributed by atoms with Crippen LogP contribution < -0.4 is 0 Å². The van der Waals surface area contributed by atoms with Crippen molar-refractivity contribution >= 4 is 10.9 Å². The summed E-state index contributed by atoms with van der Waals surface area (Å²) in [4.78, 5) is 13.2. The molecule has 0 aliphatic carbocycles. The Morgan fingerprint density at radius 3 is 2.47 bits per heavy atom. The van der Waals surface area contributed by atoms with Gasteiger partial charge in [-0.2, -0.15) is 0 Å². The largest absolute Gasteiger partial charge is 0.349 e. The molecule has 0 amide bonds. The summed E-state index contributed by atoms with van der Waals surface area (Å²) < 4.78 is 2.05. The molecule has 0 aliphatic heterocycles. The number of hydrogen-bond donors (Lipinski definition) is 0. The summed E-state index contributed by atoms with van der Waals surface area (Å²) in [5.74, 6) is 1.17. The lowest BCUT2D eigenvalue weighted by Crippen LogP contribution is -1.95. The predicted molar refractivity (Wildman–Crippen MR) is 75.8 cm³/mol. The third-order valence-electron chi connectivity index (χ3n) is 3.39. The lowest BCUT2D eigenvalue weighted by molar-refractivity contribution is 0.847. The Morgan fingerprint density at radius 1 is 1.05 bits per heavy atom. The van der Waals surface area contributed by atoms with Crippen molar-refractivity contribution in [3.63, 3.8) is 0 Å². The van der Waals surface area contributed by atoms with Crippen molar-refractivity contribution in [1.29, 1.82) is 0 Å². The molecule has 3 rings (SSSR count). The fourth-order valence-electron chi connectivity index (χ4n) is 2.14. The monoisotopic (exact) mass is 252 g/mol. The lowest BCUT2D eigenvalue weighted by atomic mass is 10.1. The standard InChI is InChI=1S/C15H16N4/c1-10(2)11-6-17-15(18-7-11)13-8-16-9-14-12(13)4-5-19(14)3/h4-10H,1-3H3. The van der Waals surface area contributed by atoms with Crippen molar-refractivity contribution < 1.29 is 0 Å². The van der Waals surface area contributed by atoms with E-state index in [1.807, 2.05) is 42.6 Å². The van der Waals surface area contributed by atoms with Gasteiger partial charge in [-0.3, -0.25) is 4.98 Å². The van der Waals surface area contributed by atoms with Crippen molar-refractivity contribution in [3.8, 4) is 11.4 Å². The summed E-state index contributed by atoms with van der Waals surface area (Å²) in [7, 11) is 2.01. The van der Waals surface area contributed by atoms with E-state index in [0.717, 1.165) is 27.9 Å². The molecule has 19 heavy (non-hydrogen) atoms.